The van der Waals surface area contributed by atoms with Crippen molar-refractivity contribution >= 4 is 17.6 Å². The molecule has 18 heavy (non-hydrogen) atoms. The number of nitrogens with one attached hydrogen (secondary N) is 1. The van der Waals surface area contributed by atoms with E-state index in [2.05, 4.69) is 5.32 Å². The maximum absolute atomic E-state index is 11.7. The zero-order chi connectivity index (χ0) is 13.5. The second kappa shape index (κ2) is 6.61. The van der Waals surface area contributed by atoms with Crippen LogP contribution in [-0.4, -0.2) is 30.1 Å². The Balaban J connectivity index is 2.64. The Labute approximate surface area is 105 Å². The van der Waals surface area contributed by atoms with Crippen LogP contribution in [0.5, 0.6) is 0 Å². The van der Waals surface area contributed by atoms with Gasteiger partial charge in [-0.25, -0.2) is 4.79 Å². The molecular weight excluding hydrogens is 234 g/mol. The molecule has 6 nitrogen and oxygen atoms in total. The number of unbranched alkanes of at least 4 members (excludes halogenated alkanes) is 1. The van der Waals surface area contributed by atoms with E-state index in [-0.39, 0.29) is 17.2 Å². The molecule has 1 aromatic rings. The smallest absolute Gasteiger partial charge is 0.337 e. The van der Waals surface area contributed by atoms with Gasteiger partial charge in [0.25, 0.3) is 5.91 Å². The Morgan fingerprint density at radius 2 is 2.00 bits per heavy atom. The summed E-state index contributed by atoms with van der Waals surface area (Å²) in [5.74, 6) is -1.38. The van der Waals surface area contributed by atoms with E-state index in [1.54, 1.807) is 0 Å². The Kier molecular flexibility index (Phi) is 5.13. The maximum atomic E-state index is 11.7. The molecule has 0 radical (unpaired) electrons. The topological polar surface area (TPSA) is 118 Å². The number of rotatable bonds is 6. The largest absolute Gasteiger partial charge is 0.478 e. The van der Waals surface area contributed by atoms with Gasteiger partial charge >= 0.3 is 5.97 Å². The molecule has 0 spiro atoms. The Morgan fingerprint density at radius 1 is 1.28 bits per heavy atom. The highest BCUT2D eigenvalue weighted by Crippen LogP contribution is 2.14. The first-order valence-electron chi connectivity index (χ1n) is 5.67. The minimum atomic E-state index is -1.11. The van der Waals surface area contributed by atoms with E-state index in [4.69, 9.17) is 16.6 Å². The molecular formula is C12H17N3O3. The second-order valence-electron chi connectivity index (χ2n) is 3.86. The number of carbonyl (C=O) groups excluding carboxylic acids is 1. The van der Waals surface area contributed by atoms with Gasteiger partial charge in [-0.05, 0) is 37.6 Å². The van der Waals surface area contributed by atoms with Gasteiger partial charge in [0, 0.05) is 17.8 Å². The number of nitrogens with two attached hydrogens (primary N) is 2. The van der Waals surface area contributed by atoms with Gasteiger partial charge in [0.05, 0.1) is 5.56 Å². The summed E-state index contributed by atoms with van der Waals surface area (Å²) >= 11 is 0. The molecule has 98 valence electrons. The van der Waals surface area contributed by atoms with E-state index in [1.165, 1.54) is 18.2 Å². The molecule has 0 bridgehead atoms. The predicted octanol–water partition coefficient (Wildman–Crippen LogP) is 0.436. The van der Waals surface area contributed by atoms with Crippen LogP contribution in [0.4, 0.5) is 5.69 Å². The molecule has 0 saturated carbocycles. The van der Waals surface area contributed by atoms with Crippen molar-refractivity contribution in [3.8, 4) is 0 Å². The molecule has 0 unspecified atom stereocenters. The third-order valence-corrected chi connectivity index (χ3v) is 2.46. The minimum absolute atomic E-state index is 0.00492. The van der Waals surface area contributed by atoms with Crippen LogP contribution in [0, 0.1) is 0 Å². The van der Waals surface area contributed by atoms with Crippen molar-refractivity contribution in [3.05, 3.63) is 29.3 Å². The van der Waals surface area contributed by atoms with Gasteiger partial charge in [0.1, 0.15) is 0 Å². The Hall–Kier alpha value is -2.08. The first-order valence-corrected chi connectivity index (χ1v) is 5.67. The van der Waals surface area contributed by atoms with Gasteiger partial charge in [0.2, 0.25) is 0 Å². The summed E-state index contributed by atoms with van der Waals surface area (Å²) in [7, 11) is 0. The van der Waals surface area contributed by atoms with Crippen LogP contribution < -0.4 is 16.8 Å². The van der Waals surface area contributed by atoms with Gasteiger partial charge in [-0.1, -0.05) is 0 Å². The van der Waals surface area contributed by atoms with Gasteiger partial charge in [0.15, 0.2) is 0 Å². The lowest BCUT2D eigenvalue weighted by Gasteiger charge is -2.06. The summed E-state index contributed by atoms with van der Waals surface area (Å²) < 4.78 is 0. The molecule has 6 heteroatoms. The summed E-state index contributed by atoms with van der Waals surface area (Å²) in [6.07, 6.45) is 1.66. The van der Waals surface area contributed by atoms with Crippen LogP contribution in [0.1, 0.15) is 33.6 Å². The van der Waals surface area contributed by atoms with E-state index in [9.17, 15) is 9.59 Å². The van der Waals surface area contributed by atoms with Crippen LogP contribution in [0.15, 0.2) is 18.2 Å². The monoisotopic (exact) mass is 251 g/mol. The SMILES string of the molecule is NCCCCNC(=O)c1ccc(C(=O)O)c(N)c1. The van der Waals surface area contributed by atoms with Crippen LogP contribution >= 0.6 is 0 Å². The molecule has 0 fully saturated rings. The van der Waals surface area contributed by atoms with Crippen molar-refractivity contribution in [2.24, 2.45) is 5.73 Å². The predicted molar refractivity (Wildman–Crippen MR) is 68.4 cm³/mol. The molecule has 0 aromatic heterocycles. The van der Waals surface area contributed by atoms with Gasteiger partial charge in [-0.15, -0.1) is 0 Å². The lowest BCUT2D eigenvalue weighted by Crippen LogP contribution is -2.25. The molecule has 1 aromatic carbocycles. The standard InChI is InChI=1S/C12H17N3O3/c13-5-1-2-6-15-11(16)8-3-4-9(12(17)18)10(14)7-8/h3-4,7H,1-2,5-6,13-14H2,(H,15,16)(H,17,18). The van der Waals surface area contributed by atoms with Gasteiger partial charge < -0.3 is 21.9 Å². The number of nitrogen functional groups attached to an aromatic ring is 1. The number of hydrogen-bond acceptors (Lipinski definition) is 4. The van der Waals surface area contributed by atoms with Crippen LogP contribution in [0.3, 0.4) is 0 Å². The van der Waals surface area contributed by atoms with E-state index in [1.807, 2.05) is 0 Å². The average molecular weight is 251 g/mol. The summed E-state index contributed by atoms with van der Waals surface area (Å²) in [6, 6.07) is 4.13. The van der Waals surface area contributed by atoms with Crippen molar-refractivity contribution in [1.29, 1.82) is 0 Å². The van der Waals surface area contributed by atoms with Gasteiger partial charge in [-0.2, -0.15) is 0 Å². The fraction of sp³-hybridized carbons (Fsp3) is 0.333. The molecule has 0 saturated heterocycles. The number of hydrogen-bond donors (Lipinski definition) is 4. The third-order valence-electron chi connectivity index (χ3n) is 2.46. The first-order chi connectivity index (χ1) is 8.56. The summed E-state index contributed by atoms with van der Waals surface area (Å²) in [6.45, 7) is 1.13. The van der Waals surface area contributed by atoms with Crippen molar-refractivity contribution in [3.63, 3.8) is 0 Å². The van der Waals surface area contributed by atoms with Crippen molar-refractivity contribution in [2.75, 3.05) is 18.8 Å². The zero-order valence-electron chi connectivity index (χ0n) is 9.98. The van der Waals surface area contributed by atoms with E-state index in [0.29, 0.717) is 18.7 Å². The van der Waals surface area contributed by atoms with E-state index < -0.39 is 5.97 Å². The molecule has 0 atom stereocenters. The van der Waals surface area contributed by atoms with Crippen LogP contribution in [0.2, 0.25) is 0 Å². The average Bonchev–Trinajstić information content (AvgIpc) is 2.33. The molecule has 1 rings (SSSR count). The van der Waals surface area contributed by atoms with E-state index >= 15 is 0 Å². The first kappa shape index (κ1) is 14.0. The Bertz CT molecular complexity index is 446. The Morgan fingerprint density at radius 3 is 2.56 bits per heavy atom. The van der Waals surface area contributed by atoms with Crippen molar-refractivity contribution in [2.45, 2.75) is 12.8 Å². The molecule has 0 aliphatic heterocycles. The zero-order valence-corrected chi connectivity index (χ0v) is 9.98. The summed E-state index contributed by atoms with van der Waals surface area (Å²) in [5, 5.41) is 11.5. The van der Waals surface area contributed by atoms with Crippen molar-refractivity contribution in [1.82, 2.24) is 5.32 Å². The lowest BCUT2D eigenvalue weighted by molar-refractivity contribution is 0.0697. The molecule has 0 heterocycles. The fourth-order valence-corrected chi connectivity index (χ4v) is 1.47. The van der Waals surface area contributed by atoms with Crippen LogP contribution in [-0.2, 0) is 0 Å². The minimum Gasteiger partial charge on any atom is -0.478 e. The highest BCUT2D eigenvalue weighted by atomic mass is 16.4. The number of amides is 1. The highest BCUT2D eigenvalue weighted by molar-refractivity contribution is 5.99. The second-order valence-corrected chi connectivity index (χ2v) is 3.86. The number of carboxylic acid groups (broad SMARTS) is 1. The summed E-state index contributed by atoms with van der Waals surface area (Å²) in [5.41, 5.74) is 11.3. The quantitative estimate of drug-likeness (QED) is 0.432. The van der Waals surface area contributed by atoms with Crippen molar-refractivity contribution < 1.29 is 14.7 Å². The van der Waals surface area contributed by atoms with Crippen LogP contribution in [0.25, 0.3) is 0 Å². The number of anilines is 1. The molecule has 1 amide bonds. The fourth-order valence-electron chi connectivity index (χ4n) is 1.47. The number of carbonyl (C=O) groups is 2. The number of carboxylic acids is 1. The lowest BCUT2D eigenvalue weighted by atomic mass is 10.1. The highest BCUT2D eigenvalue weighted by Gasteiger charge is 2.11. The normalized spacial score (nSPS) is 10.1. The maximum Gasteiger partial charge on any atom is 0.337 e. The third kappa shape index (κ3) is 3.74. The number of aromatic carboxylic acids is 1. The molecule has 6 N–H and O–H groups in total. The molecule has 0 aliphatic rings. The summed E-state index contributed by atoms with van der Waals surface area (Å²) in [4.78, 5) is 22.5. The molecule has 0 aliphatic carbocycles. The van der Waals surface area contributed by atoms with E-state index in [0.717, 1.165) is 12.8 Å². The van der Waals surface area contributed by atoms with Gasteiger partial charge in [-0.3, -0.25) is 4.79 Å². The number of benzene rings is 1.